The second-order valence-electron chi connectivity index (χ2n) is 4.26. The van der Waals surface area contributed by atoms with E-state index in [9.17, 15) is 27.2 Å². The average Bonchev–Trinajstić information content (AvgIpc) is 2.81. The van der Waals surface area contributed by atoms with Gasteiger partial charge in [-0.25, -0.2) is 9.18 Å². The standard InChI is InChI=1S/C13H9F4NO3S/c1-21-11(19)9-4-8(14)3-2-7(9)5-18-10(13(15,16)17)6-22-12(18)20/h2-4,6H,5H2,1H3. The number of esters is 1. The molecule has 0 spiro atoms. The van der Waals surface area contributed by atoms with Crippen LogP contribution in [0.1, 0.15) is 21.6 Å². The molecule has 0 unspecified atom stereocenters. The highest BCUT2D eigenvalue weighted by Crippen LogP contribution is 2.30. The third kappa shape index (κ3) is 3.19. The van der Waals surface area contributed by atoms with Crippen molar-refractivity contribution >= 4 is 17.3 Å². The zero-order chi connectivity index (χ0) is 16.5. The van der Waals surface area contributed by atoms with E-state index in [1.807, 2.05) is 0 Å². The SMILES string of the molecule is COC(=O)c1cc(F)ccc1Cn1c(C(F)(F)F)csc1=O. The minimum Gasteiger partial charge on any atom is -0.465 e. The largest absolute Gasteiger partial charge is 0.465 e. The van der Waals surface area contributed by atoms with Crippen LogP contribution in [0.4, 0.5) is 17.6 Å². The molecule has 0 fully saturated rings. The van der Waals surface area contributed by atoms with Crippen molar-refractivity contribution < 1.29 is 27.1 Å². The van der Waals surface area contributed by atoms with Crippen molar-refractivity contribution in [2.45, 2.75) is 12.7 Å². The third-order valence-electron chi connectivity index (χ3n) is 2.88. The van der Waals surface area contributed by atoms with Gasteiger partial charge in [0.25, 0.3) is 0 Å². The van der Waals surface area contributed by atoms with Crippen LogP contribution in [0, 0.1) is 5.82 Å². The van der Waals surface area contributed by atoms with Gasteiger partial charge >= 0.3 is 17.0 Å². The molecule has 2 aromatic rings. The average molecular weight is 335 g/mol. The summed E-state index contributed by atoms with van der Waals surface area (Å²) in [5, 5.41) is 0.698. The lowest BCUT2D eigenvalue weighted by atomic mass is 10.1. The number of aromatic nitrogens is 1. The van der Waals surface area contributed by atoms with Crippen LogP contribution < -0.4 is 4.87 Å². The fourth-order valence-electron chi connectivity index (χ4n) is 1.86. The summed E-state index contributed by atoms with van der Waals surface area (Å²) in [6.45, 7) is -0.512. The summed E-state index contributed by atoms with van der Waals surface area (Å²) < 4.78 is 56.7. The van der Waals surface area contributed by atoms with Crippen LogP contribution >= 0.6 is 11.3 Å². The smallest absolute Gasteiger partial charge is 0.432 e. The van der Waals surface area contributed by atoms with E-state index < -0.39 is 35.1 Å². The molecule has 0 atom stereocenters. The van der Waals surface area contributed by atoms with Crippen molar-refractivity contribution in [1.82, 2.24) is 4.57 Å². The number of methoxy groups -OCH3 is 1. The molecule has 0 amide bonds. The molecule has 9 heteroatoms. The number of carbonyl (C=O) groups excluding carboxylic acids is 1. The minimum atomic E-state index is -4.70. The molecule has 1 heterocycles. The van der Waals surface area contributed by atoms with Crippen molar-refractivity contribution in [3.05, 3.63) is 55.9 Å². The summed E-state index contributed by atoms with van der Waals surface area (Å²) in [4.78, 5) is 22.4. The number of benzene rings is 1. The Morgan fingerprint density at radius 2 is 2.05 bits per heavy atom. The first-order valence-electron chi connectivity index (χ1n) is 5.86. The molecule has 1 aromatic carbocycles. The first-order chi connectivity index (χ1) is 10.2. The molecule has 0 aliphatic carbocycles. The molecule has 1 aromatic heterocycles. The van der Waals surface area contributed by atoms with Crippen molar-refractivity contribution in [2.24, 2.45) is 0 Å². The van der Waals surface area contributed by atoms with E-state index in [1.54, 1.807) is 0 Å². The quantitative estimate of drug-likeness (QED) is 0.640. The number of halogens is 4. The Labute approximate surface area is 125 Å². The molecular formula is C13H9F4NO3S. The second-order valence-corrected chi connectivity index (χ2v) is 5.08. The number of hydrogen-bond donors (Lipinski definition) is 0. The van der Waals surface area contributed by atoms with Gasteiger partial charge in [0.1, 0.15) is 11.5 Å². The molecular weight excluding hydrogens is 326 g/mol. The Bertz CT molecular complexity index is 763. The molecule has 0 bridgehead atoms. The zero-order valence-corrected chi connectivity index (χ0v) is 11.9. The lowest BCUT2D eigenvalue weighted by Crippen LogP contribution is -2.23. The van der Waals surface area contributed by atoms with Gasteiger partial charge < -0.3 is 4.74 Å². The molecule has 0 aliphatic rings. The molecule has 22 heavy (non-hydrogen) atoms. The summed E-state index contributed by atoms with van der Waals surface area (Å²) in [6.07, 6.45) is -4.70. The molecule has 0 saturated heterocycles. The van der Waals surface area contributed by atoms with Gasteiger partial charge in [-0.05, 0) is 17.7 Å². The summed E-state index contributed by atoms with van der Waals surface area (Å²) in [7, 11) is 1.06. The molecule has 0 aliphatic heterocycles. The predicted octanol–water partition coefficient (Wildman–Crippen LogP) is 2.90. The lowest BCUT2D eigenvalue weighted by Gasteiger charge is -2.12. The van der Waals surface area contributed by atoms with E-state index in [-0.39, 0.29) is 11.1 Å². The lowest BCUT2D eigenvalue weighted by molar-refractivity contribution is -0.143. The van der Waals surface area contributed by atoms with Gasteiger partial charge in [-0.1, -0.05) is 17.4 Å². The Morgan fingerprint density at radius 1 is 1.36 bits per heavy atom. The van der Waals surface area contributed by atoms with Crippen LogP contribution in [0.5, 0.6) is 0 Å². The maximum Gasteiger partial charge on any atom is 0.432 e. The van der Waals surface area contributed by atoms with Gasteiger partial charge in [0, 0.05) is 5.38 Å². The number of alkyl halides is 3. The first-order valence-corrected chi connectivity index (χ1v) is 6.74. The van der Waals surface area contributed by atoms with E-state index in [2.05, 4.69) is 4.74 Å². The van der Waals surface area contributed by atoms with E-state index in [1.165, 1.54) is 0 Å². The summed E-state index contributed by atoms with van der Waals surface area (Å²) in [6, 6.07) is 2.99. The van der Waals surface area contributed by atoms with Gasteiger partial charge in [-0.15, -0.1) is 0 Å². The Balaban J connectivity index is 2.51. The minimum absolute atomic E-state index is 0.0549. The molecule has 0 saturated carbocycles. The maximum atomic E-state index is 13.2. The molecule has 2 rings (SSSR count). The summed E-state index contributed by atoms with van der Waals surface area (Å²) in [5.41, 5.74) is -1.30. The fraction of sp³-hybridized carbons (Fsp3) is 0.231. The predicted molar refractivity (Wildman–Crippen MR) is 70.4 cm³/mol. The second kappa shape index (κ2) is 5.91. The van der Waals surface area contributed by atoms with E-state index >= 15 is 0 Å². The maximum absolute atomic E-state index is 13.2. The third-order valence-corrected chi connectivity index (χ3v) is 3.64. The Kier molecular flexibility index (Phi) is 4.36. The topological polar surface area (TPSA) is 48.3 Å². The van der Waals surface area contributed by atoms with Crippen LogP contribution in [0.15, 0.2) is 28.4 Å². The first kappa shape index (κ1) is 16.2. The van der Waals surface area contributed by atoms with E-state index in [4.69, 9.17) is 0 Å². The number of hydrogen-bond acceptors (Lipinski definition) is 4. The monoisotopic (exact) mass is 335 g/mol. The molecule has 4 nitrogen and oxygen atoms in total. The Hall–Kier alpha value is -2.16. The van der Waals surface area contributed by atoms with Gasteiger partial charge in [-0.2, -0.15) is 13.2 Å². The van der Waals surface area contributed by atoms with Crippen LogP contribution in [-0.2, 0) is 17.5 Å². The van der Waals surface area contributed by atoms with E-state index in [0.29, 0.717) is 21.3 Å². The number of nitrogens with zero attached hydrogens (tertiary/aromatic N) is 1. The van der Waals surface area contributed by atoms with Crippen LogP contribution in [0.3, 0.4) is 0 Å². The van der Waals surface area contributed by atoms with Gasteiger partial charge in [0.2, 0.25) is 0 Å². The van der Waals surface area contributed by atoms with Crippen LogP contribution in [-0.4, -0.2) is 17.6 Å². The van der Waals surface area contributed by atoms with Crippen LogP contribution in [0.2, 0.25) is 0 Å². The van der Waals surface area contributed by atoms with Crippen molar-refractivity contribution in [3.63, 3.8) is 0 Å². The molecule has 118 valence electrons. The zero-order valence-electron chi connectivity index (χ0n) is 11.1. The summed E-state index contributed by atoms with van der Waals surface area (Å²) >= 11 is 0.397. The highest BCUT2D eigenvalue weighted by Gasteiger charge is 2.35. The normalized spacial score (nSPS) is 11.5. The number of ether oxygens (including phenoxy) is 1. The fourth-order valence-corrected chi connectivity index (χ4v) is 2.62. The highest BCUT2D eigenvalue weighted by molar-refractivity contribution is 7.07. The van der Waals surface area contributed by atoms with Crippen molar-refractivity contribution in [3.8, 4) is 0 Å². The van der Waals surface area contributed by atoms with Crippen molar-refractivity contribution in [2.75, 3.05) is 7.11 Å². The van der Waals surface area contributed by atoms with Gasteiger partial charge in [0.15, 0.2) is 0 Å². The highest BCUT2D eigenvalue weighted by atomic mass is 32.1. The summed E-state index contributed by atoms with van der Waals surface area (Å²) in [5.74, 6) is -1.64. The number of carbonyl (C=O) groups is 1. The molecule has 0 N–H and O–H groups in total. The number of rotatable bonds is 3. The number of thiazole rings is 1. The van der Waals surface area contributed by atoms with Gasteiger partial charge in [-0.3, -0.25) is 9.36 Å². The van der Waals surface area contributed by atoms with E-state index in [0.717, 1.165) is 25.3 Å². The Morgan fingerprint density at radius 3 is 2.64 bits per heavy atom. The van der Waals surface area contributed by atoms with Crippen LogP contribution in [0.25, 0.3) is 0 Å². The van der Waals surface area contributed by atoms with Crippen molar-refractivity contribution in [1.29, 1.82) is 0 Å². The molecule has 0 radical (unpaired) electrons. The van der Waals surface area contributed by atoms with Gasteiger partial charge in [0.05, 0.1) is 19.2 Å².